The summed E-state index contributed by atoms with van der Waals surface area (Å²) in [5, 5.41) is 13.4. The van der Waals surface area contributed by atoms with Gasteiger partial charge in [-0.15, -0.1) is 0 Å². The molecule has 2 aliphatic heterocycles. The average molecular weight is 375 g/mol. The first-order valence-electron chi connectivity index (χ1n) is 9.18. The van der Waals surface area contributed by atoms with Gasteiger partial charge in [-0.25, -0.2) is 13.4 Å². The fraction of sp³-hybridized carbons (Fsp3) is 0.526. The largest absolute Gasteiger partial charge is 0.387 e. The van der Waals surface area contributed by atoms with Gasteiger partial charge in [-0.3, -0.25) is 4.90 Å². The van der Waals surface area contributed by atoms with Gasteiger partial charge in [0.25, 0.3) is 0 Å². The van der Waals surface area contributed by atoms with Gasteiger partial charge in [0, 0.05) is 44.3 Å². The van der Waals surface area contributed by atoms with E-state index in [1.54, 1.807) is 0 Å². The summed E-state index contributed by atoms with van der Waals surface area (Å²) < 4.78 is 23.2. The molecule has 1 aromatic carbocycles. The number of piperidine rings is 1. The van der Waals surface area contributed by atoms with Crippen LogP contribution >= 0.6 is 0 Å². The van der Waals surface area contributed by atoms with Gasteiger partial charge in [-0.1, -0.05) is 24.3 Å². The molecule has 2 fully saturated rings. The van der Waals surface area contributed by atoms with Crippen molar-refractivity contribution >= 4 is 26.4 Å². The van der Waals surface area contributed by atoms with E-state index in [1.807, 2.05) is 24.4 Å². The maximum Gasteiger partial charge on any atom is 0.152 e. The van der Waals surface area contributed by atoms with Crippen LogP contribution in [0.3, 0.4) is 0 Å². The highest BCUT2D eigenvalue weighted by Crippen LogP contribution is 2.30. The molecule has 0 bridgehead atoms. The van der Waals surface area contributed by atoms with Crippen molar-refractivity contribution in [1.82, 2.24) is 9.88 Å². The minimum Gasteiger partial charge on any atom is -0.387 e. The molecule has 1 unspecified atom stereocenters. The molecule has 1 N–H and O–H groups in total. The predicted octanol–water partition coefficient (Wildman–Crippen LogP) is 1.30. The third-order valence-corrected chi connectivity index (χ3v) is 7.07. The lowest BCUT2D eigenvalue weighted by Gasteiger charge is -2.43. The maximum absolute atomic E-state index is 11.6. The lowest BCUT2D eigenvalue weighted by Crippen LogP contribution is -2.56. The Morgan fingerprint density at radius 1 is 1.12 bits per heavy atom. The molecule has 140 valence electrons. The number of pyridine rings is 1. The quantitative estimate of drug-likeness (QED) is 0.872. The van der Waals surface area contributed by atoms with Gasteiger partial charge in [0.15, 0.2) is 9.84 Å². The van der Waals surface area contributed by atoms with Crippen molar-refractivity contribution in [3.63, 3.8) is 0 Å². The first-order chi connectivity index (χ1) is 12.4. The summed E-state index contributed by atoms with van der Waals surface area (Å²) in [5.74, 6) is 1.30. The molecule has 0 amide bonds. The molecule has 0 spiro atoms. The molecule has 1 aromatic heterocycles. The summed E-state index contributed by atoms with van der Waals surface area (Å²) in [4.78, 5) is 8.84. The standard InChI is InChI=1S/C19H25N3O3S/c23-19(14-21-10-12-26(24,25)13-11-21)7-3-9-22(15-19)18-17-5-2-1-4-16(17)6-8-20-18/h1-2,4-6,8,23H,3,7,9-15H2. The van der Waals surface area contributed by atoms with Crippen molar-refractivity contribution in [3.05, 3.63) is 36.5 Å². The van der Waals surface area contributed by atoms with Gasteiger partial charge in [0.2, 0.25) is 0 Å². The van der Waals surface area contributed by atoms with Crippen molar-refractivity contribution in [2.24, 2.45) is 0 Å². The number of rotatable bonds is 3. The van der Waals surface area contributed by atoms with E-state index in [-0.39, 0.29) is 11.5 Å². The molecule has 4 rings (SSSR count). The number of anilines is 1. The van der Waals surface area contributed by atoms with Crippen LogP contribution in [0.15, 0.2) is 36.5 Å². The van der Waals surface area contributed by atoms with Gasteiger partial charge in [-0.2, -0.15) is 0 Å². The van der Waals surface area contributed by atoms with E-state index >= 15 is 0 Å². The van der Waals surface area contributed by atoms with Crippen LogP contribution in [0.2, 0.25) is 0 Å². The summed E-state index contributed by atoms with van der Waals surface area (Å²) in [6, 6.07) is 10.2. The molecule has 2 aliphatic rings. The van der Waals surface area contributed by atoms with E-state index in [0.29, 0.717) is 26.2 Å². The van der Waals surface area contributed by atoms with E-state index in [4.69, 9.17) is 0 Å². The molecular weight excluding hydrogens is 350 g/mol. The van der Waals surface area contributed by atoms with Crippen molar-refractivity contribution in [3.8, 4) is 0 Å². The number of hydrogen-bond acceptors (Lipinski definition) is 6. The SMILES string of the molecule is O=S1(=O)CCN(CC2(O)CCCN(c3nccc4ccccc34)C2)CC1. The summed E-state index contributed by atoms with van der Waals surface area (Å²) in [5.41, 5.74) is -0.835. The zero-order chi connectivity index (χ0) is 18.2. The lowest BCUT2D eigenvalue weighted by atomic mass is 9.91. The van der Waals surface area contributed by atoms with E-state index in [9.17, 15) is 13.5 Å². The molecule has 6 nitrogen and oxygen atoms in total. The van der Waals surface area contributed by atoms with Crippen LogP contribution < -0.4 is 4.90 Å². The highest BCUT2D eigenvalue weighted by molar-refractivity contribution is 7.91. The van der Waals surface area contributed by atoms with Crippen LogP contribution in [0.1, 0.15) is 12.8 Å². The van der Waals surface area contributed by atoms with Crippen LogP contribution in [-0.4, -0.2) is 73.2 Å². The van der Waals surface area contributed by atoms with Crippen LogP contribution in [0.25, 0.3) is 10.8 Å². The molecule has 0 aliphatic carbocycles. The molecule has 0 saturated carbocycles. The fourth-order valence-corrected chi connectivity index (χ4v) is 5.38. The van der Waals surface area contributed by atoms with Gasteiger partial charge in [-0.05, 0) is 24.3 Å². The van der Waals surface area contributed by atoms with E-state index in [1.165, 1.54) is 0 Å². The van der Waals surface area contributed by atoms with Gasteiger partial charge >= 0.3 is 0 Å². The second-order valence-corrected chi connectivity index (χ2v) is 9.84. The Morgan fingerprint density at radius 3 is 2.69 bits per heavy atom. The van der Waals surface area contributed by atoms with Gasteiger partial charge < -0.3 is 10.0 Å². The monoisotopic (exact) mass is 375 g/mol. The maximum atomic E-state index is 11.6. The predicted molar refractivity (Wildman–Crippen MR) is 103 cm³/mol. The smallest absolute Gasteiger partial charge is 0.152 e. The highest BCUT2D eigenvalue weighted by Gasteiger charge is 2.37. The summed E-state index contributed by atoms with van der Waals surface area (Å²) in [6.07, 6.45) is 3.45. The van der Waals surface area contributed by atoms with Crippen LogP contribution in [0, 0.1) is 0 Å². The normalized spacial score (nSPS) is 26.9. The molecule has 2 aromatic rings. The number of β-amino-alcohol motifs (C(OH)–C–C–N with tert-alkyl or cyclic N) is 1. The molecule has 1 atom stereocenters. The summed E-state index contributed by atoms with van der Waals surface area (Å²) >= 11 is 0. The minimum absolute atomic E-state index is 0.192. The lowest BCUT2D eigenvalue weighted by molar-refractivity contribution is -0.00584. The number of fused-ring (bicyclic) bond motifs is 1. The highest BCUT2D eigenvalue weighted by atomic mass is 32.2. The Morgan fingerprint density at radius 2 is 1.88 bits per heavy atom. The minimum atomic E-state index is -2.90. The number of nitrogens with zero attached hydrogens (tertiary/aromatic N) is 3. The number of benzene rings is 1. The van der Waals surface area contributed by atoms with Crippen molar-refractivity contribution < 1.29 is 13.5 Å². The molecule has 0 radical (unpaired) electrons. The van der Waals surface area contributed by atoms with Crippen LogP contribution in [-0.2, 0) is 9.84 Å². The fourth-order valence-electron chi connectivity index (χ4n) is 4.10. The Labute approximate surface area is 154 Å². The average Bonchev–Trinajstić information content (AvgIpc) is 2.63. The first-order valence-corrected chi connectivity index (χ1v) is 11.0. The van der Waals surface area contributed by atoms with Crippen LogP contribution in [0.4, 0.5) is 5.82 Å². The summed E-state index contributed by atoms with van der Waals surface area (Å²) in [6.45, 7) is 2.94. The van der Waals surface area contributed by atoms with Crippen molar-refractivity contribution in [1.29, 1.82) is 0 Å². The first kappa shape index (κ1) is 17.7. The van der Waals surface area contributed by atoms with Crippen molar-refractivity contribution in [2.45, 2.75) is 18.4 Å². The molecule has 7 heteroatoms. The number of aromatic nitrogens is 1. The zero-order valence-electron chi connectivity index (χ0n) is 14.8. The number of aliphatic hydroxyl groups is 1. The number of hydrogen-bond donors (Lipinski definition) is 1. The third-order valence-electron chi connectivity index (χ3n) is 5.46. The zero-order valence-corrected chi connectivity index (χ0v) is 15.7. The Bertz CT molecular complexity index is 883. The van der Waals surface area contributed by atoms with Crippen LogP contribution in [0.5, 0.6) is 0 Å². The third kappa shape index (κ3) is 3.70. The molecular formula is C19H25N3O3S. The van der Waals surface area contributed by atoms with Gasteiger partial charge in [0.05, 0.1) is 17.1 Å². The summed E-state index contributed by atoms with van der Waals surface area (Å²) in [7, 11) is -2.90. The van der Waals surface area contributed by atoms with E-state index in [2.05, 4.69) is 26.9 Å². The van der Waals surface area contributed by atoms with Gasteiger partial charge in [0.1, 0.15) is 5.82 Å². The van der Waals surface area contributed by atoms with Crippen molar-refractivity contribution in [2.75, 3.05) is 49.1 Å². The molecule has 26 heavy (non-hydrogen) atoms. The van der Waals surface area contributed by atoms with E-state index < -0.39 is 15.4 Å². The van der Waals surface area contributed by atoms with E-state index in [0.717, 1.165) is 36.0 Å². The Kier molecular flexibility index (Phi) is 4.62. The number of sulfone groups is 1. The molecule has 3 heterocycles. The Hall–Kier alpha value is -1.70. The second kappa shape index (κ2) is 6.79. The Balaban J connectivity index is 1.51. The molecule has 2 saturated heterocycles. The second-order valence-electron chi connectivity index (χ2n) is 7.53. The topological polar surface area (TPSA) is 73.7 Å².